The molecule has 0 bridgehead atoms. The van der Waals surface area contributed by atoms with Gasteiger partial charge in [-0.15, -0.1) is 0 Å². The Hall–Kier alpha value is -0.890. The summed E-state index contributed by atoms with van der Waals surface area (Å²) in [7, 11) is 0. The van der Waals surface area contributed by atoms with Crippen LogP contribution in [0.25, 0.3) is 0 Å². The molecule has 2 heteroatoms. The molecule has 0 saturated heterocycles. The van der Waals surface area contributed by atoms with Crippen LogP contribution < -0.4 is 5.32 Å². The van der Waals surface area contributed by atoms with Crippen molar-refractivity contribution in [3.8, 4) is 0 Å². The van der Waals surface area contributed by atoms with E-state index in [1.54, 1.807) is 6.07 Å². The molecule has 1 aliphatic rings. The molecule has 0 aliphatic heterocycles. The van der Waals surface area contributed by atoms with Crippen LogP contribution in [0, 0.1) is 11.7 Å². The van der Waals surface area contributed by atoms with Crippen LogP contribution in [-0.2, 0) is 0 Å². The van der Waals surface area contributed by atoms with Crippen LogP contribution >= 0.6 is 0 Å². The van der Waals surface area contributed by atoms with E-state index in [2.05, 4.69) is 25.2 Å². The molecule has 3 atom stereocenters. The zero-order valence-electron chi connectivity index (χ0n) is 10.0. The summed E-state index contributed by atoms with van der Waals surface area (Å²) in [6, 6.07) is 7.71. The predicted molar refractivity (Wildman–Crippen MR) is 65.0 cm³/mol. The molecule has 16 heavy (non-hydrogen) atoms. The minimum absolute atomic E-state index is 0.112. The molecule has 1 aliphatic carbocycles. The molecular weight excluding hydrogens is 201 g/mol. The molecule has 0 spiro atoms. The fourth-order valence-electron chi connectivity index (χ4n) is 2.89. The van der Waals surface area contributed by atoms with Crippen molar-refractivity contribution in [1.29, 1.82) is 0 Å². The highest BCUT2D eigenvalue weighted by Crippen LogP contribution is 2.44. The molecule has 0 amide bonds. The predicted octanol–water partition coefficient (Wildman–Crippen LogP) is 3.32. The van der Waals surface area contributed by atoms with Crippen LogP contribution in [0.2, 0.25) is 0 Å². The van der Waals surface area contributed by atoms with Gasteiger partial charge in [0.15, 0.2) is 0 Å². The van der Waals surface area contributed by atoms with Crippen molar-refractivity contribution in [3.63, 3.8) is 0 Å². The van der Waals surface area contributed by atoms with Gasteiger partial charge in [-0.3, -0.25) is 0 Å². The Morgan fingerprint density at radius 2 is 2.19 bits per heavy atom. The van der Waals surface area contributed by atoms with Gasteiger partial charge in [0.25, 0.3) is 0 Å². The van der Waals surface area contributed by atoms with Crippen molar-refractivity contribution in [3.05, 3.63) is 35.6 Å². The highest BCUT2D eigenvalue weighted by molar-refractivity contribution is 5.25. The molecule has 1 aromatic rings. The minimum Gasteiger partial charge on any atom is -0.314 e. The average Bonchev–Trinajstić information content (AvgIpc) is 2.24. The van der Waals surface area contributed by atoms with E-state index in [0.717, 1.165) is 13.0 Å². The Bertz CT molecular complexity index is 350. The van der Waals surface area contributed by atoms with Crippen LogP contribution in [0.5, 0.6) is 0 Å². The van der Waals surface area contributed by atoms with Crippen molar-refractivity contribution in [1.82, 2.24) is 5.32 Å². The molecule has 3 unspecified atom stereocenters. The van der Waals surface area contributed by atoms with E-state index in [1.807, 2.05) is 6.07 Å². The smallest absolute Gasteiger partial charge is 0.123 e. The molecule has 1 nitrogen and oxygen atoms in total. The van der Waals surface area contributed by atoms with Gasteiger partial charge in [-0.1, -0.05) is 32.4 Å². The summed E-state index contributed by atoms with van der Waals surface area (Å²) < 4.78 is 13.1. The first-order valence-corrected chi connectivity index (χ1v) is 6.25. The maximum Gasteiger partial charge on any atom is 0.123 e. The number of rotatable bonds is 4. The molecule has 1 aromatic carbocycles. The Morgan fingerprint density at radius 3 is 2.81 bits per heavy atom. The average molecular weight is 221 g/mol. The SMILES string of the molecule is CCNC1CC(c2cccc(F)c2)C1CC. The topological polar surface area (TPSA) is 12.0 Å². The van der Waals surface area contributed by atoms with Gasteiger partial charge in [0.1, 0.15) is 5.82 Å². The van der Waals surface area contributed by atoms with E-state index < -0.39 is 0 Å². The van der Waals surface area contributed by atoms with Crippen LogP contribution in [0.15, 0.2) is 24.3 Å². The lowest BCUT2D eigenvalue weighted by molar-refractivity contribution is 0.162. The molecule has 1 saturated carbocycles. The third kappa shape index (κ3) is 2.12. The summed E-state index contributed by atoms with van der Waals surface area (Å²) in [6.07, 6.45) is 2.31. The number of halogens is 1. The zero-order chi connectivity index (χ0) is 11.5. The minimum atomic E-state index is -0.112. The maximum atomic E-state index is 13.1. The first-order chi connectivity index (χ1) is 7.76. The first-order valence-electron chi connectivity index (χ1n) is 6.25. The lowest BCUT2D eigenvalue weighted by atomic mass is 9.65. The first kappa shape index (κ1) is 11.6. The van der Waals surface area contributed by atoms with Gasteiger partial charge < -0.3 is 5.32 Å². The second-order valence-electron chi connectivity index (χ2n) is 4.63. The number of benzene rings is 1. The summed E-state index contributed by atoms with van der Waals surface area (Å²) in [5, 5.41) is 3.50. The lowest BCUT2D eigenvalue weighted by Gasteiger charge is -2.45. The lowest BCUT2D eigenvalue weighted by Crippen LogP contribution is -2.48. The quantitative estimate of drug-likeness (QED) is 0.822. The van der Waals surface area contributed by atoms with E-state index in [4.69, 9.17) is 0 Å². The molecule has 0 radical (unpaired) electrons. The van der Waals surface area contributed by atoms with Crippen molar-refractivity contribution < 1.29 is 4.39 Å². The number of hydrogen-bond acceptors (Lipinski definition) is 1. The molecule has 1 fully saturated rings. The Labute approximate surface area is 97.1 Å². The molecule has 1 N–H and O–H groups in total. The van der Waals surface area contributed by atoms with Gasteiger partial charge in [0.05, 0.1) is 0 Å². The second-order valence-corrected chi connectivity index (χ2v) is 4.63. The summed E-state index contributed by atoms with van der Waals surface area (Å²) in [6.45, 7) is 5.39. The summed E-state index contributed by atoms with van der Waals surface area (Å²) in [5.74, 6) is 1.10. The Balaban J connectivity index is 2.07. The normalized spacial score (nSPS) is 28.8. The number of nitrogens with one attached hydrogen (secondary N) is 1. The van der Waals surface area contributed by atoms with Crippen LogP contribution in [0.1, 0.15) is 38.2 Å². The highest BCUT2D eigenvalue weighted by Gasteiger charge is 2.39. The van der Waals surface area contributed by atoms with Crippen molar-refractivity contribution >= 4 is 0 Å². The fraction of sp³-hybridized carbons (Fsp3) is 0.571. The molecular formula is C14H20FN. The number of hydrogen-bond donors (Lipinski definition) is 1. The maximum absolute atomic E-state index is 13.1. The van der Waals surface area contributed by atoms with Crippen molar-refractivity contribution in [2.75, 3.05) is 6.54 Å². The van der Waals surface area contributed by atoms with Gasteiger partial charge in [-0.05, 0) is 42.5 Å². The van der Waals surface area contributed by atoms with Crippen LogP contribution in [0.4, 0.5) is 4.39 Å². The fourth-order valence-corrected chi connectivity index (χ4v) is 2.89. The summed E-state index contributed by atoms with van der Waals surface area (Å²) in [4.78, 5) is 0. The summed E-state index contributed by atoms with van der Waals surface area (Å²) >= 11 is 0. The standard InChI is InChI=1S/C14H20FN/c1-3-12-13(9-14(12)16-4-2)10-6-5-7-11(15)8-10/h5-8,12-14,16H,3-4,9H2,1-2H3. The Morgan fingerprint density at radius 1 is 1.38 bits per heavy atom. The largest absolute Gasteiger partial charge is 0.314 e. The monoisotopic (exact) mass is 221 g/mol. The van der Waals surface area contributed by atoms with Crippen LogP contribution in [0.3, 0.4) is 0 Å². The highest BCUT2D eigenvalue weighted by atomic mass is 19.1. The van der Waals surface area contributed by atoms with Crippen LogP contribution in [-0.4, -0.2) is 12.6 Å². The van der Waals surface area contributed by atoms with Gasteiger partial charge in [0.2, 0.25) is 0 Å². The van der Waals surface area contributed by atoms with Gasteiger partial charge >= 0.3 is 0 Å². The third-order valence-electron chi connectivity index (χ3n) is 3.76. The van der Waals surface area contributed by atoms with Crippen molar-refractivity contribution in [2.45, 2.75) is 38.6 Å². The third-order valence-corrected chi connectivity index (χ3v) is 3.76. The van der Waals surface area contributed by atoms with E-state index in [9.17, 15) is 4.39 Å². The second kappa shape index (κ2) is 4.96. The molecule has 2 rings (SSSR count). The van der Waals surface area contributed by atoms with Crippen molar-refractivity contribution in [2.24, 2.45) is 5.92 Å². The van der Waals surface area contributed by atoms with E-state index in [0.29, 0.717) is 17.9 Å². The van der Waals surface area contributed by atoms with Gasteiger partial charge in [0, 0.05) is 6.04 Å². The Kier molecular flexibility index (Phi) is 3.59. The summed E-state index contributed by atoms with van der Waals surface area (Å²) in [5.41, 5.74) is 1.17. The molecule has 88 valence electrons. The zero-order valence-corrected chi connectivity index (χ0v) is 10.0. The van der Waals surface area contributed by atoms with E-state index >= 15 is 0 Å². The molecule has 0 aromatic heterocycles. The molecule has 0 heterocycles. The van der Waals surface area contributed by atoms with E-state index in [-0.39, 0.29) is 5.82 Å². The van der Waals surface area contributed by atoms with Gasteiger partial charge in [-0.2, -0.15) is 0 Å². The van der Waals surface area contributed by atoms with Gasteiger partial charge in [-0.25, -0.2) is 4.39 Å². The van der Waals surface area contributed by atoms with E-state index in [1.165, 1.54) is 18.1 Å².